The summed E-state index contributed by atoms with van der Waals surface area (Å²) in [7, 11) is 0. The number of rotatable bonds is 6. The van der Waals surface area contributed by atoms with Crippen LogP contribution in [-0.2, 0) is 4.79 Å². The lowest BCUT2D eigenvalue weighted by molar-refractivity contribution is -0.384. The first kappa shape index (κ1) is 23.0. The number of amides is 2. The van der Waals surface area contributed by atoms with Gasteiger partial charge in [-0.3, -0.25) is 19.7 Å². The summed E-state index contributed by atoms with van der Waals surface area (Å²) in [5, 5.41) is 13.8. The second-order valence-corrected chi connectivity index (χ2v) is 8.36. The average Bonchev–Trinajstić information content (AvgIpc) is 3.33. The highest BCUT2D eigenvalue weighted by atomic mass is 16.6. The largest absolute Gasteiger partial charge is 0.457 e. The number of non-ortho nitro benzene ring substituents is 1. The number of piperidine rings is 1. The minimum atomic E-state index is -0.470. The van der Waals surface area contributed by atoms with Gasteiger partial charge in [-0.2, -0.15) is 0 Å². The van der Waals surface area contributed by atoms with Gasteiger partial charge in [-0.15, -0.1) is 0 Å². The third kappa shape index (κ3) is 5.40. The van der Waals surface area contributed by atoms with Crippen LogP contribution < -0.4 is 5.32 Å². The quantitative estimate of drug-likeness (QED) is 0.321. The minimum absolute atomic E-state index is 0.0451. The first-order chi connectivity index (χ1) is 16.4. The van der Waals surface area contributed by atoms with Crippen LogP contribution in [0.1, 0.15) is 35.9 Å². The molecular formula is C26H25N3O5. The zero-order valence-electron chi connectivity index (χ0n) is 18.8. The van der Waals surface area contributed by atoms with E-state index < -0.39 is 10.8 Å². The summed E-state index contributed by atoms with van der Waals surface area (Å²) in [6.07, 6.45) is 3.31. The molecule has 1 aliphatic rings. The van der Waals surface area contributed by atoms with E-state index in [2.05, 4.69) is 12.2 Å². The zero-order chi connectivity index (χ0) is 24.1. The molecule has 2 aromatic carbocycles. The van der Waals surface area contributed by atoms with Gasteiger partial charge in [0.05, 0.1) is 4.92 Å². The van der Waals surface area contributed by atoms with Gasteiger partial charge in [-0.1, -0.05) is 37.3 Å². The van der Waals surface area contributed by atoms with Crippen LogP contribution >= 0.6 is 0 Å². The molecule has 0 radical (unpaired) electrons. The molecule has 1 aliphatic heterocycles. The Kier molecular flexibility index (Phi) is 6.87. The van der Waals surface area contributed by atoms with Crippen LogP contribution in [0.5, 0.6) is 0 Å². The molecular weight excluding hydrogens is 434 g/mol. The molecule has 34 heavy (non-hydrogen) atoms. The summed E-state index contributed by atoms with van der Waals surface area (Å²) < 4.78 is 5.86. The molecule has 2 heterocycles. The Morgan fingerprint density at radius 2 is 1.79 bits per heavy atom. The molecule has 8 heteroatoms. The highest BCUT2D eigenvalue weighted by Gasteiger charge is 2.25. The van der Waals surface area contributed by atoms with Crippen LogP contribution in [0.3, 0.4) is 0 Å². The first-order valence-corrected chi connectivity index (χ1v) is 11.1. The smallest absolute Gasteiger partial charge is 0.270 e. The topological polar surface area (TPSA) is 106 Å². The Morgan fingerprint density at radius 3 is 2.50 bits per heavy atom. The number of benzene rings is 2. The fraction of sp³-hybridized carbons (Fsp3) is 0.231. The molecule has 0 saturated carbocycles. The van der Waals surface area contributed by atoms with E-state index >= 15 is 0 Å². The van der Waals surface area contributed by atoms with Crippen molar-refractivity contribution >= 4 is 23.6 Å². The molecule has 1 fully saturated rings. The van der Waals surface area contributed by atoms with Crippen molar-refractivity contribution < 1.29 is 18.9 Å². The molecule has 0 aliphatic carbocycles. The lowest BCUT2D eigenvalue weighted by Crippen LogP contribution is -2.42. The van der Waals surface area contributed by atoms with Gasteiger partial charge in [0, 0.05) is 42.4 Å². The molecule has 3 aromatic rings. The predicted octanol–water partition coefficient (Wildman–Crippen LogP) is 4.88. The normalized spacial score (nSPS) is 14.6. The number of carbonyl (C=O) groups is 2. The van der Waals surface area contributed by atoms with Crippen molar-refractivity contribution in [1.82, 2.24) is 10.2 Å². The molecule has 4 rings (SSSR count). The highest BCUT2D eigenvalue weighted by molar-refractivity contribution is 6.05. The van der Waals surface area contributed by atoms with Gasteiger partial charge in [-0.25, -0.2) is 0 Å². The van der Waals surface area contributed by atoms with Crippen molar-refractivity contribution in [2.45, 2.75) is 19.8 Å². The zero-order valence-corrected chi connectivity index (χ0v) is 18.8. The Hall–Kier alpha value is -4.20. The lowest BCUT2D eigenvalue weighted by Gasteiger charge is -2.31. The van der Waals surface area contributed by atoms with E-state index in [-0.39, 0.29) is 17.3 Å². The van der Waals surface area contributed by atoms with E-state index in [1.807, 2.05) is 6.07 Å². The van der Waals surface area contributed by atoms with Crippen LogP contribution in [-0.4, -0.2) is 34.7 Å². The molecule has 1 N–H and O–H groups in total. The molecule has 0 atom stereocenters. The van der Waals surface area contributed by atoms with Gasteiger partial charge in [0.2, 0.25) is 0 Å². The summed E-state index contributed by atoms with van der Waals surface area (Å²) in [4.78, 5) is 38.4. The van der Waals surface area contributed by atoms with Crippen molar-refractivity contribution in [1.29, 1.82) is 0 Å². The standard InChI is InChI=1S/C26H25N3O5/c1-18-12-14-28(15-13-18)26(31)23(27-25(30)19-6-3-2-4-7-19)17-22-10-11-24(34-22)20-8-5-9-21(16-20)29(32)33/h2-11,16-18H,12-15H2,1H3,(H,27,30)/b23-17-. The Balaban J connectivity index is 1.62. The summed E-state index contributed by atoms with van der Waals surface area (Å²) in [6, 6.07) is 18.1. The van der Waals surface area contributed by atoms with Crippen LogP contribution in [0, 0.1) is 16.0 Å². The van der Waals surface area contributed by atoms with Crippen LogP contribution in [0.25, 0.3) is 17.4 Å². The molecule has 2 amide bonds. The van der Waals surface area contributed by atoms with Crippen LogP contribution in [0.15, 0.2) is 76.8 Å². The number of likely N-dealkylation sites (tertiary alicyclic amines) is 1. The van der Waals surface area contributed by atoms with Crippen LogP contribution in [0.2, 0.25) is 0 Å². The highest BCUT2D eigenvalue weighted by Crippen LogP contribution is 2.27. The number of nitrogens with zero attached hydrogens (tertiary/aromatic N) is 2. The molecule has 8 nitrogen and oxygen atoms in total. The van der Waals surface area contributed by atoms with E-state index in [0.29, 0.717) is 41.7 Å². The SMILES string of the molecule is CC1CCN(C(=O)/C(=C/c2ccc(-c3cccc([N+](=O)[O-])c3)o2)NC(=O)c2ccccc2)CC1. The fourth-order valence-corrected chi connectivity index (χ4v) is 3.82. The second-order valence-electron chi connectivity index (χ2n) is 8.36. The second kappa shape index (κ2) is 10.2. The summed E-state index contributed by atoms with van der Waals surface area (Å²) >= 11 is 0. The maximum atomic E-state index is 13.3. The van der Waals surface area contributed by atoms with Gasteiger partial charge in [-0.05, 0) is 43.0 Å². The van der Waals surface area contributed by atoms with E-state index in [0.717, 1.165) is 12.8 Å². The van der Waals surface area contributed by atoms with Crippen molar-refractivity contribution in [2.24, 2.45) is 5.92 Å². The molecule has 174 valence electrons. The summed E-state index contributed by atoms with van der Waals surface area (Å²) in [6.45, 7) is 3.40. The third-order valence-corrected chi connectivity index (χ3v) is 5.84. The van der Waals surface area contributed by atoms with Crippen molar-refractivity contribution in [3.05, 3.63) is 93.9 Å². The van der Waals surface area contributed by atoms with Crippen molar-refractivity contribution in [3.8, 4) is 11.3 Å². The number of carbonyl (C=O) groups excluding carboxylic acids is 2. The van der Waals surface area contributed by atoms with E-state index in [1.165, 1.54) is 18.2 Å². The van der Waals surface area contributed by atoms with Gasteiger partial charge in [0.25, 0.3) is 17.5 Å². The number of furan rings is 1. The minimum Gasteiger partial charge on any atom is -0.457 e. The number of hydrogen-bond acceptors (Lipinski definition) is 5. The lowest BCUT2D eigenvalue weighted by atomic mass is 9.99. The van der Waals surface area contributed by atoms with Crippen LogP contribution in [0.4, 0.5) is 5.69 Å². The molecule has 1 aromatic heterocycles. The number of nitro benzene ring substituents is 1. The first-order valence-electron chi connectivity index (χ1n) is 11.1. The Bertz CT molecular complexity index is 1220. The number of nitrogens with one attached hydrogen (secondary N) is 1. The molecule has 1 saturated heterocycles. The Labute approximate surface area is 197 Å². The van der Waals surface area contributed by atoms with Gasteiger partial charge >= 0.3 is 0 Å². The van der Waals surface area contributed by atoms with E-state index in [4.69, 9.17) is 4.42 Å². The fourth-order valence-electron chi connectivity index (χ4n) is 3.82. The van der Waals surface area contributed by atoms with E-state index in [9.17, 15) is 19.7 Å². The third-order valence-electron chi connectivity index (χ3n) is 5.84. The van der Waals surface area contributed by atoms with Gasteiger partial charge in [0.1, 0.15) is 17.2 Å². The average molecular weight is 460 g/mol. The Morgan fingerprint density at radius 1 is 1.06 bits per heavy atom. The maximum Gasteiger partial charge on any atom is 0.270 e. The summed E-state index contributed by atoms with van der Waals surface area (Å²) in [5.41, 5.74) is 1.05. The van der Waals surface area contributed by atoms with Crippen molar-refractivity contribution in [3.63, 3.8) is 0 Å². The molecule has 0 spiro atoms. The monoisotopic (exact) mass is 459 g/mol. The van der Waals surface area contributed by atoms with E-state index in [1.54, 1.807) is 53.4 Å². The van der Waals surface area contributed by atoms with Crippen molar-refractivity contribution in [2.75, 3.05) is 13.1 Å². The molecule has 0 unspecified atom stereocenters. The van der Waals surface area contributed by atoms with Gasteiger partial charge in [0.15, 0.2) is 0 Å². The predicted molar refractivity (Wildman–Crippen MR) is 128 cm³/mol. The summed E-state index contributed by atoms with van der Waals surface area (Å²) in [5.74, 6) is 0.657. The molecule has 0 bridgehead atoms. The number of nitro groups is 1. The number of hydrogen-bond donors (Lipinski definition) is 1. The maximum absolute atomic E-state index is 13.3. The van der Waals surface area contributed by atoms with Gasteiger partial charge < -0.3 is 14.6 Å².